The summed E-state index contributed by atoms with van der Waals surface area (Å²) in [5.74, 6) is 0.383. The van der Waals surface area contributed by atoms with Crippen LogP contribution in [0.1, 0.15) is 15.9 Å². The summed E-state index contributed by atoms with van der Waals surface area (Å²) in [6.45, 7) is 5.92. The first-order chi connectivity index (χ1) is 15.6. The van der Waals surface area contributed by atoms with Gasteiger partial charge in [0.15, 0.2) is 6.73 Å². The molecule has 8 nitrogen and oxygen atoms in total. The lowest BCUT2D eigenvalue weighted by atomic mass is 10.1. The largest absolute Gasteiger partial charge is 0.455 e. The average molecular weight is 451 g/mol. The molecule has 3 aromatic rings. The number of benzene rings is 2. The summed E-state index contributed by atoms with van der Waals surface area (Å²) in [5, 5.41) is 7.03. The molecule has 0 spiro atoms. The van der Waals surface area contributed by atoms with Crippen molar-refractivity contribution in [3.05, 3.63) is 64.8 Å². The molecule has 5 rings (SSSR count). The van der Waals surface area contributed by atoms with E-state index in [4.69, 9.17) is 16.3 Å². The summed E-state index contributed by atoms with van der Waals surface area (Å²) in [6, 6.07) is 13.7. The molecule has 2 aliphatic rings. The highest BCUT2D eigenvalue weighted by Crippen LogP contribution is 2.34. The van der Waals surface area contributed by atoms with E-state index in [1.807, 2.05) is 31.2 Å². The number of anilines is 4. The number of aryl methyl sites for hydroxylation is 1. The molecule has 0 saturated carbocycles. The minimum absolute atomic E-state index is 0.0340. The third-order valence-electron chi connectivity index (χ3n) is 5.62. The molecule has 1 fully saturated rings. The highest BCUT2D eigenvalue weighted by molar-refractivity contribution is 6.34. The number of piperazine rings is 1. The third kappa shape index (κ3) is 3.94. The molecule has 0 aliphatic carbocycles. The van der Waals surface area contributed by atoms with Crippen molar-refractivity contribution >= 4 is 40.5 Å². The molecule has 1 saturated heterocycles. The van der Waals surface area contributed by atoms with Crippen molar-refractivity contribution in [1.82, 2.24) is 15.3 Å². The van der Waals surface area contributed by atoms with E-state index in [1.54, 1.807) is 6.07 Å². The molecule has 2 N–H and O–H groups in total. The molecule has 164 valence electrons. The normalized spacial score (nSPS) is 15.9. The predicted octanol–water partition coefficient (Wildman–Crippen LogP) is 3.59. The summed E-state index contributed by atoms with van der Waals surface area (Å²) >= 11 is 6.33. The van der Waals surface area contributed by atoms with Crippen LogP contribution >= 0.6 is 11.6 Å². The zero-order chi connectivity index (χ0) is 22.1. The number of hydrogen-bond donors (Lipinski definition) is 2. The van der Waals surface area contributed by atoms with Gasteiger partial charge in [0.05, 0.1) is 10.7 Å². The number of aromatic nitrogens is 2. The summed E-state index contributed by atoms with van der Waals surface area (Å²) in [7, 11) is 0. The maximum atomic E-state index is 13.1. The molecule has 32 heavy (non-hydrogen) atoms. The van der Waals surface area contributed by atoms with Gasteiger partial charge in [0.1, 0.15) is 5.56 Å². The Kier molecular flexibility index (Phi) is 5.55. The standard InChI is InChI=1S/C23H23ClN6O2/c1-15-3-2-4-19(24)20(15)30-14-32-21-18(22(30)31)13-26-23(28-21)27-16-5-7-17(8-6-16)29-11-9-25-10-12-29/h2-8,13,25H,9-12,14H2,1H3,(H,26,27,28). The number of hydrogen-bond acceptors (Lipinski definition) is 7. The number of halogens is 1. The van der Waals surface area contributed by atoms with E-state index in [2.05, 4.69) is 37.6 Å². The van der Waals surface area contributed by atoms with Gasteiger partial charge in [-0.25, -0.2) is 4.98 Å². The van der Waals surface area contributed by atoms with Gasteiger partial charge in [-0.15, -0.1) is 0 Å². The Labute approximate surface area is 191 Å². The molecular weight excluding hydrogens is 428 g/mol. The van der Waals surface area contributed by atoms with Crippen LogP contribution in [0.4, 0.5) is 23.0 Å². The fourth-order valence-corrected chi connectivity index (χ4v) is 4.28. The molecule has 0 radical (unpaired) electrons. The van der Waals surface area contributed by atoms with E-state index in [0.29, 0.717) is 22.2 Å². The summed E-state index contributed by atoms with van der Waals surface area (Å²) < 4.78 is 5.79. The Morgan fingerprint density at radius 2 is 1.91 bits per heavy atom. The van der Waals surface area contributed by atoms with Crippen LogP contribution in [0.2, 0.25) is 5.02 Å². The number of rotatable bonds is 4. The number of nitrogens with zero attached hydrogens (tertiary/aromatic N) is 4. The molecular formula is C23H23ClN6O2. The Bertz CT molecular complexity index is 1130. The SMILES string of the molecule is Cc1cccc(Cl)c1N1COc2nc(Nc3ccc(N4CCNCC4)cc3)ncc2C1=O. The van der Waals surface area contributed by atoms with Crippen molar-refractivity contribution in [3.63, 3.8) is 0 Å². The van der Waals surface area contributed by atoms with E-state index < -0.39 is 0 Å². The molecule has 1 amide bonds. The number of ether oxygens (including phenoxy) is 1. The smallest absolute Gasteiger partial charge is 0.268 e. The van der Waals surface area contributed by atoms with Crippen molar-refractivity contribution in [3.8, 4) is 5.88 Å². The van der Waals surface area contributed by atoms with E-state index in [9.17, 15) is 4.79 Å². The van der Waals surface area contributed by atoms with Crippen LogP contribution in [0.5, 0.6) is 5.88 Å². The molecule has 0 unspecified atom stereocenters. The molecule has 1 aromatic heterocycles. The van der Waals surface area contributed by atoms with Gasteiger partial charge in [-0.3, -0.25) is 9.69 Å². The van der Waals surface area contributed by atoms with Crippen molar-refractivity contribution < 1.29 is 9.53 Å². The Morgan fingerprint density at radius 1 is 1.12 bits per heavy atom. The predicted molar refractivity (Wildman–Crippen MR) is 125 cm³/mol. The molecule has 2 aromatic carbocycles. The Hall–Kier alpha value is -3.36. The molecule has 9 heteroatoms. The van der Waals surface area contributed by atoms with Gasteiger partial charge in [0, 0.05) is 43.8 Å². The summed E-state index contributed by atoms with van der Waals surface area (Å²) in [6.07, 6.45) is 1.49. The minimum atomic E-state index is -0.241. The number of nitrogens with one attached hydrogen (secondary N) is 2. The fraction of sp³-hybridized carbons (Fsp3) is 0.261. The Balaban J connectivity index is 1.32. The zero-order valence-corrected chi connectivity index (χ0v) is 18.4. The van der Waals surface area contributed by atoms with Crippen LogP contribution in [0.25, 0.3) is 0 Å². The number of carbonyl (C=O) groups is 1. The van der Waals surface area contributed by atoms with Crippen LogP contribution in [-0.2, 0) is 0 Å². The highest BCUT2D eigenvalue weighted by atomic mass is 35.5. The van der Waals surface area contributed by atoms with E-state index in [1.165, 1.54) is 16.8 Å². The lowest BCUT2D eigenvalue weighted by molar-refractivity contribution is 0.0932. The van der Waals surface area contributed by atoms with E-state index in [0.717, 1.165) is 37.4 Å². The van der Waals surface area contributed by atoms with Crippen LogP contribution in [0.15, 0.2) is 48.7 Å². The van der Waals surface area contributed by atoms with Crippen LogP contribution in [0.3, 0.4) is 0 Å². The van der Waals surface area contributed by atoms with Crippen molar-refractivity contribution in [2.24, 2.45) is 0 Å². The first-order valence-electron chi connectivity index (χ1n) is 10.5. The first kappa shape index (κ1) is 20.5. The molecule has 0 atom stereocenters. The van der Waals surface area contributed by atoms with Gasteiger partial charge < -0.3 is 20.3 Å². The number of fused-ring (bicyclic) bond motifs is 1. The zero-order valence-electron chi connectivity index (χ0n) is 17.6. The number of carbonyl (C=O) groups excluding carboxylic acids is 1. The quantitative estimate of drug-likeness (QED) is 0.628. The van der Waals surface area contributed by atoms with E-state index >= 15 is 0 Å². The van der Waals surface area contributed by atoms with E-state index in [-0.39, 0.29) is 18.5 Å². The topological polar surface area (TPSA) is 82.6 Å². The van der Waals surface area contributed by atoms with Gasteiger partial charge in [-0.1, -0.05) is 23.7 Å². The highest BCUT2D eigenvalue weighted by Gasteiger charge is 2.30. The molecule has 0 bridgehead atoms. The van der Waals surface area contributed by atoms with Gasteiger partial charge >= 0.3 is 0 Å². The number of para-hydroxylation sites is 1. The second-order valence-corrected chi connectivity index (χ2v) is 8.14. The van der Waals surface area contributed by atoms with Crippen molar-refractivity contribution in [2.75, 3.05) is 48.0 Å². The first-order valence-corrected chi connectivity index (χ1v) is 10.9. The second kappa shape index (κ2) is 8.64. The van der Waals surface area contributed by atoms with Gasteiger partial charge in [0.25, 0.3) is 5.91 Å². The summed E-state index contributed by atoms with van der Waals surface area (Å²) in [4.78, 5) is 25.6. The maximum Gasteiger partial charge on any atom is 0.268 e. The second-order valence-electron chi connectivity index (χ2n) is 7.73. The average Bonchev–Trinajstić information content (AvgIpc) is 2.81. The number of amides is 1. The van der Waals surface area contributed by atoms with Gasteiger partial charge in [0.2, 0.25) is 11.8 Å². The lowest BCUT2D eigenvalue weighted by Gasteiger charge is -2.30. The monoisotopic (exact) mass is 450 g/mol. The molecule has 2 aliphatic heterocycles. The summed E-state index contributed by atoms with van der Waals surface area (Å²) in [5.41, 5.74) is 3.87. The van der Waals surface area contributed by atoms with Crippen LogP contribution < -0.4 is 25.2 Å². The Morgan fingerprint density at radius 3 is 2.66 bits per heavy atom. The van der Waals surface area contributed by atoms with Gasteiger partial charge in [-0.2, -0.15) is 4.98 Å². The van der Waals surface area contributed by atoms with Crippen molar-refractivity contribution in [1.29, 1.82) is 0 Å². The third-order valence-corrected chi connectivity index (χ3v) is 5.93. The van der Waals surface area contributed by atoms with Crippen molar-refractivity contribution in [2.45, 2.75) is 6.92 Å². The lowest BCUT2D eigenvalue weighted by Crippen LogP contribution is -2.43. The van der Waals surface area contributed by atoms with Crippen LogP contribution in [0, 0.1) is 6.92 Å². The maximum absolute atomic E-state index is 13.1. The molecule has 3 heterocycles. The van der Waals surface area contributed by atoms with Crippen LogP contribution in [-0.4, -0.2) is 48.8 Å². The minimum Gasteiger partial charge on any atom is -0.455 e. The van der Waals surface area contributed by atoms with Gasteiger partial charge in [-0.05, 0) is 42.8 Å². The fourth-order valence-electron chi connectivity index (χ4n) is 3.95.